The first-order valence-electron chi connectivity index (χ1n) is 10.3. The molecule has 0 spiro atoms. The van der Waals surface area contributed by atoms with Gasteiger partial charge in [0.15, 0.2) is 5.65 Å². The van der Waals surface area contributed by atoms with Crippen molar-refractivity contribution in [1.29, 1.82) is 0 Å². The molecule has 1 amide bonds. The molecule has 0 aliphatic carbocycles. The molecule has 8 nitrogen and oxygen atoms in total. The Morgan fingerprint density at radius 3 is 2.56 bits per heavy atom. The minimum absolute atomic E-state index is 0.122. The predicted molar refractivity (Wildman–Crippen MR) is 125 cm³/mol. The summed E-state index contributed by atoms with van der Waals surface area (Å²) < 4.78 is 27.4. The minimum Gasteiger partial charge on any atom is -0.352 e. The number of carbonyl (C=O) groups is 1. The van der Waals surface area contributed by atoms with E-state index in [1.54, 1.807) is 24.3 Å². The Hall–Kier alpha value is -3.46. The molecule has 2 aromatic heterocycles. The molecule has 0 saturated heterocycles. The highest BCUT2D eigenvalue weighted by atomic mass is 32.2. The summed E-state index contributed by atoms with van der Waals surface area (Å²) in [5.74, 6) is -0.122. The number of rotatable bonds is 7. The molecule has 4 rings (SSSR count). The molecule has 0 aliphatic heterocycles. The summed E-state index contributed by atoms with van der Waals surface area (Å²) in [6, 6.07) is 14.9. The summed E-state index contributed by atoms with van der Waals surface area (Å²) in [7, 11) is -3.40. The highest BCUT2D eigenvalue weighted by molar-refractivity contribution is 7.92. The fourth-order valence-electron chi connectivity index (χ4n) is 3.83. The van der Waals surface area contributed by atoms with Gasteiger partial charge in [0.05, 0.1) is 17.5 Å². The number of para-hydroxylation sites is 1. The van der Waals surface area contributed by atoms with Crippen molar-refractivity contribution >= 4 is 38.2 Å². The van der Waals surface area contributed by atoms with Gasteiger partial charge in [-0.1, -0.05) is 30.3 Å². The Kier molecular flexibility index (Phi) is 5.84. The van der Waals surface area contributed by atoms with Gasteiger partial charge in [-0.05, 0) is 49.6 Å². The number of fused-ring (bicyclic) bond motifs is 3. The molecule has 166 valence electrons. The fraction of sp³-hybridized carbons (Fsp3) is 0.261. The molecule has 0 unspecified atom stereocenters. The second-order valence-corrected chi connectivity index (χ2v) is 9.57. The second-order valence-electron chi connectivity index (χ2n) is 7.82. The van der Waals surface area contributed by atoms with Crippen molar-refractivity contribution in [3.05, 3.63) is 71.0 Å². The first-order valence-corrected chi connectivity index (χ1v) is 12.2. The van der Waals surface area contributed by atoms with Gasteiger partial charge >= 0.3 is 0 Å². The van der Waals surface area contributed by atoms with E-state index >= 15 is 0 Å². The van der Waals surface area contributed by atoms with Crippen LogP contribution in [0.4, 0.5) is 5.69 Å². The average molecular weight is 452 g/mol. The average Bonchev–Trinajstić information content (AvgIpc) is 3.11. The Balaban J connectivity index is 1.46. The highest BCUT2D eigenvalue weighted by Gasteiger charge is 2.15. The van der Waals surface area contributed by atoms with Gasteiger partial charge in [-0.15, -0.1) is 0 Å². The van der Waals surface area contributed by atoms with E-state index in [0.29, 0.717) is 17.7 Å². The number of aryl methyl sites for hydroxylation is 2. The van der Waals surface area contributed by atoms with Crippen LogP contribution in [0.1, 0.15) is 28.9 Å². The quantitative estimate of drug-likeness (QED) is 0.449. The molecular formula is C23H25N5O3S. The largest absolute Gasteiger partial charge is 0.352 e. The summed E-state index contributed by atoms with van der Waals surface area (Å²) in [6.07, 6.45) is 1.92. The van der Waals surface area contributed by atoms with E-state index in [1.807, 2.05) is 42.6 Å². The van der Waals surface area contributed by atoms with Crippen molar-refractivity contribution in [2.45, 2.75) is 33.2 Å². The van der Waals surface area contributed by atoms with E-state index in [-0.39, 0.29) is 18.9 Å². The van der Waals surface area contributed by atoms with Crippen LogP contribution in [-0.4, -0.2) is 35.2 Å². The fourth-order valence-corrected chi connectivity index (χ4v) is 4.43. The molecular weight excluding hydrogens is 426 g/mol. The van der Waals surface area contributed by atoms with Crippen LogP contribution >= 0.6 is 0 Å². The highest BCUT2D eigenvalue weighted by Crippen LogP contribution is 2.23. The van der Waals surface area contributed by atoms with Gasteiger partial charge in [0.25, 0.3) is 0 Å². The van der Waals surface area contributed by atoms with Gasteiger partial charge in [-0.2, -0.15) is 5.10 Å². The first-order chi connectivity index (χ1) is 15.2. The van der Waals surface area contributed by atoms with Crippen LogP contribution in [0, 0.1) is 13.8 Å². The van der Waals surface area contributed by atoms with Crippen LogP contribution in [-0.2, 0) is 27.8 Å². The van der Waals surface area contributed by atoms with Gasteiger partial charge < -0.3 is 5.32 Å². The molecule has 0 aliphatic rings. The third-order valence-electron chi connectivity index (χ3n) is 5.41. The van der Waals surface area contributed by atoms with Gasteiger partial charge in [-0.25, -0.2) is 17.9 Å². The van der Waals surface area contributed by atoms with Crippen LogP contribution in [0.15, 0.2) is 48.5 Å². The third-order valence-corrected chi connectivity index (χ3v) is 6.00. The van der Waals surface area contributed by atoms with E-state index < -0.39 is 10.0 Å². The zero-order valence-electron chi connectivity index (χ0n) is 18.2. The van der Waals surface area contributed by atoms with Crippen molar-refractivity contribution in [3.8, 4) is 0 Å². The maximum atomic E-state index is 12.5. The lowest BCUT2D eigenvalue weighted by molar-refractivity contribution is -0.121. The van der Waals surface area contributed by atoms with E-state index in [2.05, 4.69) is 15.1 Å². The van der Waals surface area contributed by atoms with E-state index in [0.717, 1.165) is 39.8 Å². The van der Waals surface area contributed by atoms with Crippen LogP contribution in [0.5, 0.6) is 0 Å². The summed E-state index contributed by atoms with van der Waals surface area (Å²) in [6.45, 7) is 4.18. The number of amides is 1. The Morgan fingerprint density at radius 1 is 1.06 bits per heavy atom. The topological polar surface area (TPSA) is 105 Å². The van der Waals surface area contributed by atoms with Gasteiger partial charge in [0.2, 0.25) is 15.9 Å². The van der Waals surface area contributed by atoms with Crippen LogP contribution < -0.4 is 10.0 Å². The van der Waals surface area contributed by atoms with Crippen molar-refractivity contribution in [2.75, 3.05) is 11.0 Å². The van der Waals surface area contributed by atoms with E-state index in [4.69, 9.17) is 4.98 Å². The van der Waals surface area contributed by atoms with E-state index in [9.17, 15) is 13.2 Å². The third kappa shape index (κ3) is 4.57. The molecule has 0 radical (unpaired) electrons. The molecule has 2 aromatic carbocycles. The number of nitrogens with zero attached hydrogens (tertiary/aromatic N) is 3. The van der Waals surface area contributed by atoms with Crippen molar-refractivity contribution in [2.24, 2.45) is 0 Å². The zero-order valence-corrected chi connectivity index (χ0v) is 19.0. The van der Waals surface area contributed by atoms with Crippen LogP contribution in [0.3, 0.4) is 0 Å². The number of nitrogens with one attached hydrogen (secondary N) is 2. The summed E-state index contributed by atoms with van der Waals surface area (Å²) >= 11 is 0. The first kappa shape index (κ1) is 21.8. The number of carbonyl (C=O) groups excluding carboxylic acids is 1. The summed E-state index contributed by atoms with van der Waals surface area (Å²) in [4.78, 5) is 17.3. The number of aromatic nitrogens is 3. The molecule has 32 heavy (non-hydrogen) atoms. The number of anilines is 1. The van der Waals surface area contributed by atoms with Gasteiger partial charge in [-0.3, -0.25) is 9.52 Å². The zero-order chi connectivity index (χ0) is 22.9. The monoisotopic (exact) mass is 451 g/mol. The molecule has 0 fully saturated rings. The van der Waals surface area contributed by atoms with Crippen molar-refractivity contribution in [1.82, 2.24) is 19.9 Å². The van der Waals surface area contributed by atoms with Gasteiger partial charge in [0, 0.05) is 29.7 Å². The smallest absolute Gasteiger partial charge is 0.229 e. The van der Waals surface area contributed by atoms with Crippen LogP contribution in [0.2, 0.25) is 0 Å². The van der Waals surface area contributed by atoms with E-state index in [1.165, 1.54) is 0 Å². The Bertz CT molecular complexity index is 1430. The van der Waals surface area contributed by atoms with Crippen LogP contribution in [0.25, 0.3) is 16.6 Å². The molecule has 2 heterocycles. The van der Waals surface area contributed by atoms with Gasteiger partial charge in [0.1, 0.15) is 0 Å². The lowest BCUT2D eigenvalue weighted by Gasteiger charge is -2.13. The van der Waals surface area contributed by atoms with Crippen molar-refractivity contribution in [3.63, 3.8) is 0 Å². The number of hydrogen-bond donors (Lipinski definition) is 2. The molecule has 4 aromatic rings. The lowest BCUT2D eigenvalue weighted by atomic mass is 10.1. The number of benzene rings is 2. The molecule has 9 heteroatoms. The Labute approximate surface area is 186 Å². The maximum Gasteiger partial charge on any atom is 0.229 e. The molecule has 0 atom stereocenters. The Morgan fingerprint density at radius 2 is 1.78 bits per heavy atom. The standard InChI is InChI=1S/C23H25N5O3S/c1-15-18(16(2)28-23(25-15)19-9-5-7-11-21(19)26-28)12-13-22(29)24-14-17-8-4-6-10-20(17)27-32(3,30)31/h4-11,27H,12-14H2,1-3H3,(H,24,29). The lowest BCUT2D eigenvalue weighted by Crippen LogP contribution is -2.24. The summed E-state index contributed by atoms with van der Waals surface area (Å²) in [5.41, 5.74) is 5.72. The SMILES string of the molecule is Cc1nc2c3ccccc3nn2c(C)c1CCC(=O)NCc1ccccc1NS(C)(=O)=O. The maximum absolute atomic E-state index is 12.5. The second kappa shape index (κ2) is 8.58. The predicted octanol–water partition coefficient (Wildman–Crippen LogP) is 3.12. The van der Waals surface area contributed by atoms with Crippen molar-refractivity contribution < 1.29 is 13.2 Å². The minimum atomic E-state index is -3.40. The number of sulfonamides is 1. The molecule has 2 N–H and O–H groups in total. The molecule has 0 saturated carbocycles. The summed E-state index contributed by atoms with van der Waals surface area (Å²) in [5, 5.41) is 8.54. The number of hydrogen-bond acceptors (Lipinski definition) is 5. The normalized spacial score (nSPS) is 11.7. The molecule has 0 bridgehead atoms.